The molecule has 2 atom stereocenters. The van der Waals surface area contributed by atoms with Crippen molar-refractivity contribution in [3.63, 3.8) is 0 Å². The second kappa shape index (κ2) is 6.22. The minimum Gasteiger partial charge on any atom is -0.393 e. The highest BCUT2D eigenvalue weighted by molar-refractivity contribution is 5.07. The fourth-order valence-corrected chi connectivity index (χ4v) is 3.26. The summed E-state index contributed by atoms with van der Waals surface area (Å²) in [5, 5.41) is 14.1. The van der Waals surface area contributed by atoms with Crippen LogP contribution in [-0.4, -0.2) is 28.0 Å². The number of aliphatic hydroxyl groups is 1. The van der Waals surface area contributed by atoms with Crippen LogP contribution in [0.15, 0.2) is 4.52 Å². The Balaban J connectivity index is 2.27. The molecule has 0 saturated heterocycles. The molecule has 1 aromatic heterocycles. The molecule has 1 N–H and O–H groups in total. The third kappa shape index (κ3) is 2.88. The van der Waals surface area contributed by atoms with Crippen LogP contribution in [0.3, 0.4) is 0 Å². The van der Waals surface area contributed by atoms with Gasteiger partial charge in [0.25, 0.3) is 0 Å². The Morgan fingerprint density at radius 3 is 2.45 bits per heavy atom. The minimum atomic E-state index is -0.505. The number of ether oxygens (including phenoxy) is 1. The van der Waals surface area contributed by atoms with Crippen molar-refractivity contribution in [1.82, 2.24) is 10.1 Å². The number of aliphatic hydroxyl groups excluding tert-OH is 1. The van der Waals surface area contributed by atoms with Crippen LogP contribution in [0.2, 0.25) is 0 Å². The van der Waals surface area contributed by atoms with Gasteiger partial charge in [0.2, 0.25) is 11.7 Å². The Hall–Kier alpha value is -0.940. The van der Waals surface area contributed by atoms with Gasteiger partial charge in [-0.2, -0.15) is 4.98 Å². The Bertz CT molecular complexity index is 415. The molecule has 0 aliphatic heterocycles. The van der Waals surface area contributed by atoms with Gasteiger partial charge >= 0.3 is 0 Å². The molecule has 1 aliphatic carbocycles. The van der Waals surface area contributed by atoms with Crippen LogP contribution in [0.5, 0.6) is 0 Å². The predicted molar refractivity (Wildman–Crippen MR) is 75.3 cm³/mol. The first-order valence-electron chi connectivity index (χ1n) is 7.66. The standard InChI is InChI=1S/C15H26N2O3/c1-5-19-15(8-6-7-9-15)14-16-13(20-17-14)12(10(2)3)11(4)18/h10-12,18H,5-9H2,1-4H3. The number of hydrogen-bond donors (Lipinski definition) is 1. The van der Waals surface area contributed by atoms with Crippen LogP contribution in [0.25, 0.3) is 0 Å². The van der Waals surface area contributed by atoms with Crippen molar-refractivity contribution in [3.05, 3.63) is 11.7 Å². The Labute approximate surface area is 120 Å². The van der Waals surface area contributed by atoms with E-state index in [2.05, 4.69) is 24.0 Å². The number of nitrogens with zero attached hydrogens (tertiary/aromatic N) is 2. The maximum Gasteiger partial charge on any atom is 0.232 e. The van der Waals surface area contributed by atoms with E-state index in [1.165, 1.54) is 0 Å². The largest absolute Gasteiger partial charge is 0.393 e. The first kappa shape index (κ1) is 15.4. The molecule has 1 heterocycles. The van der Waals surface area contributed by atoms with Gasteiger partial charge in [-0.15, -0.1) is 0 Å². The van der Waals surface area contributed by atoms with Gasteiger partial charge in [0.05, 0.1) is 12.0 Å². The first-order chi connectivity index (χ1) is 9.50. The quantitative estimate of drug-likeness (QED) is 0.868. The summed E-state index contributed by atoms with van der Waals surface area (Å²) in [5.41, 5.74) is -0.378. The zero-order valence-corrected chi connectivity index (χ0v) is 12.9. The smallest absolute Gasteiger partial charge is 0.232 e. The summed E-state index contributed by atoms with van der Waals surface area (Å²) in [6.07, 6.45) is 3.65. The van der Waals surface area contributed by atoms with Gasteiger partial charge in [0.1, 0.15) is 5.60 Å². The van der Waals surface area contributed by atoms with E-state index >= 15 is 0 Å². The number of aromatic nitrogens is 2. The topological polar surface area (TPSA) is 68.4 Å². The van der Waals surface area contributed by atoms with Crippen molar-refractivity contribution < 1.29 is 14.4 Å². The van der Waals surface area contributed by atoms with E-state index in [0.717, 1.165) is 25.7 Å². The maximum absolute atomic E-state index is 9.92. The van der Waals surface area contributed by atoms with Gasteiger partial charge in [-0.1, -0.05) is 19.0 Å². The van der Waals surface area contributed by atoms with Crippen molar-refractivity contribution in [2.45, 2.75) is 71.0 Å². The van der Waals surface area contributed by atoms with Crippen molar-refractivity contribution in [1.29, 1.82) is 0 Å². The Kier molecular flexibility index (Phi) is 4.81. The van der Waals surface area contributed by atoms with Crippen LogP contribution < -0.4 is 0 Å². The van der Waals surface area contributed by atoms with E-state index in [9.17, 15) is 5.11 Å². The maximum atomic E-state index is 9.92. The summed E-state index contributed by atoms with van der Waals surface area (Å²) in [6.45, 7) is 8.51. The van der Waals surface area contributed by atoms with Gasteiger partial charge in [-0.05, 0) is 45.4 Å². The minimum absolute atomic E-state index is 0.128. The van der Waals surface area contributed by atoms with E-state index in [0.29, 0.717) is 18.3 Å². The highest BCUT2D eigenvalue weighted by Crippen LogP contribution is 2.41. The first-order valence-corrected chi connectivity index (χ1v) is 7.66. The highest BCUT2D eigenvalue weighted by atomic mass is 16.5. The van der Waals surface area contributed by atoms with Gasteiger partial charge < -0.3 is 14.4 Å². The summed E-state index contributed by atoms with van der Waals surface area (Å²) in [4.78, 5) is 4.56. The molecule has 0 aromatic carbocycles. The molecule has 0 radical (unpaired) electrons. The molecular weight excluding hydrogens is 256 g/mol. The van der Waals surface area contributed by atoms with Crippen molar-refractivity contribution in [3.8, 4) is 0 Å². The van der Waals surface area contributed by atoms with Gasteiger partial charge in [-0.3, -0.25) is 0 Å². The highest BCUT2D eigenvalue weighted by Gasteiger charge is 2.41. The van der Waals surface area contributed by atoms with Crippen LogP contribution in [0.1, 0.15) is 71.0 Å². The lowest BCUT2D eigenvalue weighted by molar-refractivity contribution is -0.0469. The average molecular weight is 282 g/mol. The molecule has 5 nitrogen and oxygen atoms in total. The third-order valence-electron chi connectivity index (χ3n) is 4.20. The van der Waals surface area contributed by atoms with Gasteiger partial charge in [-0.25, -0.2) is 0 Å². The molecule has 2 rings (SSSR count). The molecule has 114 valence electrons. The van der Waals surface area contributed by atoms with E-state index in [-0.39, 0.29) is 17.4 Å². The van der Waals surface area contributed by atoms with E-state index in [4.69, 9.17) is 9.26 Å². The molecule has 0 amide bonds. The fourth-order valence-electron chi connectivity index (χ4n) is 3.26. The summed E-state index contributed by atoms with van der Waals surface area (Å²) >= 11 is 0. The SMILES string of the molecule is CCOC1(c2noc(C(C(C)C)C(C)O)n2)CCCC1. The summed E-state index contributed by atoms with van der Waals surface area (Å²) in [7, 11) is 0. The lowest BCUT2D eigenvalue weighted by atomic mass is 9.91. The lowest BCUT2D eigenvalue weighted by Gasteiger charge is -2.25. The fraction of sp³-hybridized carbons (Fsp3) is 0.867. The number of rotatable bonds is 6. The van der Waals surface area contributed by atoms with Gasteiger partial charge in [0.15, 0.2) is 0 Å². The normalized spacial score (nSPS) is 21.3. The van der Waals surface area contributed by atoms with Crippen molar-refractivity contribution in [2.24, 2.45) is 5.92 Å². The van der Waals surface area contributed by atoms with Crippen LogP contribution >= 0.6 is 0 Å². The van der Waals surface area contributed by atoms with E-state index < -0.39 is 6.10 Å². The number of hydrogen-bond acceptors (Lipinski definition) is 5. The van der Waals surface area contributed by atoms with E-state index in [1.54, 1.807) is 6.92 Å². The van der Waals surface area contributed by atoms with Crippen LogP contribution in [0, 0.1) is 5.92 Å². The zero-order valence-electron chi connectivity index (χ0n) is 12.9. The second-order valence-corrected chi connectivity index (χ2v) is 6.10. The lowest BCUT2D eigenvalue weighted by Crippen LogP contribution is -2.28. The summed E-state index contributed by atoms with van der Waals surface area (Å²) in [6, 6.07) is 0. The Morgan fingerprint density at radius 1 is 1.30 bits per heavy atom. The van der Waals surface area contributed by atoms with Crippen molar-refractivity contribution >= 4 is 0 Å². The molecule has 20 heavy (non-hydrogen) atoms. The Morgan fingerprint density at radius 2 is 1.95 bits per heavy atom. The van der Waals surface area contributed by atoms with Crippen molar-refractivity contribution in [2.75, 3.05) is 6.61 Å². The molecule has 0 bridgehead atoms. The molecule has 5 heteroatoms. The van der Waals surface area contributed by atoms with Gasteiger partial charge in [0, 0.05) is 6.61 Å². The zero-order chi connectivity index (χ0) is 14.8. The molecule has 1 aliphatic rings. The summed E-state index contributed by atoms with van der Waals surface area (Å²) in [5.74, 6) is 1.29. The summed E-state index contributed by atoms with van der Waals surface area (Å²) < 4.78 is 11.4. The van der Waals surface area contributed by atoms with Crippen LogP contribution in [0.4, 0.5) is 0 Å². The molecule has 1 saturated carbocycles. The molecule has 1 fully saturated rings. The van der Waals surface area contributed by atoms with E-state index in [1.807, 2.05) is 6.92 Å². The predicted octanol–water partition coefficient (Wildman–Crippen LogP) is 3.00. The second-order valence-electron chi connectivity index (χ2n) is 6.10. The molecule has 0 spiro atoms. The molecule has 1 aromatic rings. The molecule has 2 unspecified atom stereocenters. The molecular formula is C15H26N2O3. The third-order valence-corrected chi connectivity index (χ3v) is 4.20. The van der Waals surface area contributed by atoms with Crippen LogP contribution in [-0.2, 0) is 10.3 Å². The average Bonchev–Trinajstić information content (AvgIpc) is 2.98. The monoisotopic (exact) mass is 282 g/mol.